The standard InChI is InChI=1S/C13H19N3O3/c1-13(2)8-16(6-10(7-17)19-13)11-4-3-9(5-15-11)12(14)18/h3-5,10,17H,6-8H2,1-2H3,(H2,14,18). The molecule has 0 radical (unpaired) electrons. The molecule has 1 fully saturated rings. The number of aromatic nitrogens is 1. The third-order valence-electron chi connectivity index (χ3n) is 3.04. The summed E-state index contributed by atoms with van der Waals surface area (Å²) < 4.78 is 5.74. The average Bonchev–Trinajstić information content (AvgIpc) is 2.37. The third kappa shape index (κ3) is 3.21. The fraction of sp³-hybridized carbons (Fsp3) is 0.538. The lowest BCUT2D eigenvalue weighted by molar-refractivity contribution is -0.101. The number of anilines is 1. The summed E-state index contributed by atoms with van der Waals surface area (Å²) in [5.74, 6) is 0.259. The van der Waals surface area contributed by atoms with Gasteiger partial charge in [0.25, 0.3) is 0 Å². The lowest BCUT2D eigenvalue weighted by atomic mass is 10.1. The molecule has 1 aromatic rings. The molecule has 19 heavy (non-hydrogen) atoms. The van der Waals surface area contributed by atoms with Crippen molar-refractivity contribution in [2.45, 2.75) is 25.6 Å². The Kier molecular flexibility index (Phi) is 3.73. The fourth-order valence-electron chi connectivity index (χ4n) is 2.28. The first-order valence-electron chi connectivity index (χ1n) is 6.21. The van der Waals surface area contributed by atoms with Crippen molar-refractivity contribution in [1.82, 2.24) is 4.98 Å². The van der Waals surface area contributed by atoms with Gasteiger partial charge in [-0.05, 0) is 26.0 Å². The van der Waals surface area contributed by atoms with Gasteiger partial charge in [0.1, 0.15) is 5.82 Å². The summed E-state index contributed by atoms with van der Waals surface area (Å²) in [6.07, 6.45) is 1.23. The van der Waals surface area contributed by atoms with Crippen LogP contribution in [-0.4, -0.2) is 47.4 Å². The zero-order chi connectivity index (χ0) is 14.0. The highest BCUT2D eigenvalue weighted by Crippen LogP contribution is 2.24. The van der Waals surface area contributed by atoms with Gasteiger partial charge in [0.2, 0.25) is 5.91 Å². The van der Waals surface area contributed by atoms with Crippen LogP contribution in [0.2, 0.25) is 0 Å². The highest BCUT2D eigenvalue weighted by Gasteiger charge is 2.33. The van der Waals surface area contributed by atoms with Crippen molar-refractivity contribution in [3.05, 3.63) is 23.9 Å². The Bertz CT molecular complexity index is 459. The molecular formula is C13H19N3O3. The molecule has 1 atom stereocenters. The largest absolute Gasteiger partial charge is 0.394 e. The quantitative estimate of drug-likeness (QED) is 0.812. The highest BCUT2D eigenvalue weighted by molar-refractivity contribution is 5.92. The number of rotatable bonds is 3. The number of nitrogens with zero attached hydrogens (tertiary/aromatic N) is 2. The third-order valence-corrected chi connectivity index (χ3v) is 3.04. The molecule has 3 N–H and O–H groups in total. The summed E-state index contributed by atoms with van der Waals surface area (Å²) in [6.45, 7) is 5.16. The molecule has 1 amide bonds. The van der Waals surface area contributed by atoms with Gasteiger partial charge in [-0.2, -0.15) is 0 Å². The molecule has 104 valence electrons. The molecular weight excluding hydrogens is 246 g/mol. The second-order valence-electron chi connectivity index (χ2n) is 5.33. The second kappa shape index (κ2) is 5.14. The molecule has 0 spiro atoms. The molecule has 0 saturated carbocycles. The molecule has 1 aromatic heterocycles. The van der Waals surface area contributed by atoms with Crippen LogP contribution in [-0.2, 0) is 4.74 Å². The van der Waals surface area contributed by atoms with Crippen LogP contribution in [0.1, 0.15) is 24.2 Å². The van der Waals surface area contributed by atoms with Crippen molar-refractivity contribution in [3.8, 4) is 0 Å². The first-order chi connectivity index (χ1) is 8.91. The van der Waals surface area contributed by atoms with Crippen LogP contribution in [0.4, 0.5) is 5.82 Å². The lowest BCUT2D eigenvalue weighted by Gasteiger charge is -2.42. The number of primary amides is 1. The number of nitrogens with two attached hydrogens (primary N) is 1. The smallest absolute Gasteiger partial charge is 0.250 e. The minimum atomic E-state index is -0.491. The number of aliphatic hydroxyl groups excluding tert-OH is 1. The van der Waals surface area contributed by atoms with Crippen LogP contribution in [0.25, 0.3) is 0 Å². The number of carbonyl (C=O) groups excluding carboxylic acids is 1. The zero-order valence-corrected chi connectivity index (χ0v) is 11.2. The van der Waals surface area contributed by atoms with Crippen LogP contribution in [0.3, 0.4) is 0 Å². The van der Waals surface area contributed by atoms with Gasteiger partial charge < -0.3 is 20.5 Å². The number of ether oxygens (including phenoxy) is 1. The van der Waals surface area contributed by atoms with Crippen molar-refractivity contribution in [2.75, 3.05) is 24.6 Å². The molecule has 0 aliphatic carbocycles. The Morgan fingerprint density at radius 3 is 2.89 bits per heavy atom. The maximum absolute atomic E-state index is 11.0. The maximum atomic E-state index is 11.0. The Hall–Kier alpha value is -1.66. The van der Waals surface area contributed by atoms with Crippen molar-refractivity contribution in [2.24, 2.45) is 5.73 Å². The summed E-state index contributed by atoms with van der Waals surface area (Å²) >= 11 is 0. The molecule has 0 bridgehead atoms. The fourth-order valence-corrected chi connectivity index (χ4v) is 2.28. The normalized spacial score (nSPS) is 22.3. The van der Waals surface area contributed by atoms with E-state index in [4.69, 9.17) is 10.5 Å². The highest BCUT2D eigenvalue weighted by atomic mass is 16.5. The predicted octanol–water partition coefficient (Wildman–Crippen LogP) is 0.157. The summed E-state index contributed by atoms with van der Waals surface area (Å²) in [4.78, 5) is 17.3. The number of carbonyl (C=O) groups is 1. The maximum Gasteiger partial charge on any atom is 0.250 e. The molecule has 1 saturated heterocycles. The number of morpholine rings is 1. The van der Waals surface area contributed by atoms with Gasteiger partial charge >= 0.3 is 0 Å². The first kappa shape index (κ1) is 13.8. The van der Waals surface area contributed by atoms with Crippen molar-refractivity contribution >= 4 is 11.7 Å². The number of hydrogen-bond donors (Lipinski definition) is 2. The van der Waals surface area contributed by atoms with Gasteiger partial charge in [-0.1, -0.05) is 0 Å². The molecule has 1 aliphatic heterocycles. The number of amides is 1. The first-order valence-corrected chi connectivity index (χ1v) is 6.21. The molecule has 2 rings (SSSR count). The van der Waals surface area contributed by atoms with Gasteiger partial charge in [-0.3, -0.25) is 4.79 Å². The van der Waals surface area contributed by atoms with Crippen LogP contribution in [0, 0.1) is 0 Å². The van der Waals surface area contributed by atoms with Crippen LogP contribution in [0.5, 0.6) is 0 Å². The van der Waals surface area contributed by atoms with E-state index in [1.807, 2.05) is 18.7 Å². The van der Waals surface area contributed by atoms with Crippen LogP contribution in [0.15, 0.2) is 18.3 Å². The van der Waals surface area contributed by atoms with Gasteiger partial charge in [-0.25, -0.2) is 4.98 Å². The summed E-state index contributed by atoms with van der Waals surface area (Å²) in [6, 6.07) is 3.41. The zero-order valence-electron chi connectivity index (χ0n) is 11.2. The number of aliphatic hydroxyl groups is 1. The predicted molar refractivity (Wildman–Crippen MR) is 71.0 cm³/mol. The van der Waals surface area contributed by atoms with E-state index in [0.717, 1.165) is 5.82 Å². The van der Waals surface area contributed by atoms with E-state index >= 15 is 0 Å². The molecule has 1 aliphatic rings. The van der Waals surface area contributed by atoms with Crippen molar-refractivity contribution in [3.63, 3.8) is 0 Å². The second-order valence-corrected chi connectivity index (χ2v) is 5.33. The molecule has 2 heterocycles. The van der Waals surface area contributed by atoms with E-state index in [1.54, 1.807) is 12.1 Å². The topological polar surface area (TPSA) is 88.7 Å². The van der Waals surface area contributed by atoms with E-state index in [2.05, 4.69) is 4.98 Å². The van der Waals surface area contributed by atoms with E-state index in [-0.39, 0.29) is 18.3 Å². The van der Waals surface area contributed by atoms with E-state index in [9.17, 15) is 9.90 Å². The summed E-state index contributed by atoms with van der Waals surface area (Å²) in [5, 5.41) is 9.27. The molecule has 6 heteroatoms. The Morgan fingerprint density at radius 2 is 2.37 bits per heavy atom. The Balaban J connectivity index is 2.18. The Morgan fingerprint density at radius 1 is 1.63 bits per heavy atom. The van der Waals surface area contributed by atoms with Crippen molar-refractivity contribution in [1.29, 1.82) is 0 Å². The van der Waals surface area contributed by atoms with Gasteiger partial charge in [0, 0.05) is 19.3 Å². The van der Waals surface area contributed by atoms with Crippen LogP contribution >= 0.6 is 0 Å². The minimum absolute atomic E-state index is 0.0285. The Labute approximate surface area is 112 Å². The monoisotopic (exact) mass is 265 g/mol. The SMILES string of the molecule is CC1(C)CN(c2ccc(C(N)=O)cn2)CC(CO)O1. The molecule has 6 nitrogen and oxygen atoms in total. The molecule has 1 unspecified atom stereocenters. The van der Waals surface area contributed by atoms with Gasteiger partial charge in [-0.15, -0.1) is 0 Å². The van der Waals surface area contributed by atoms with Gasteiger partial charge in [0.05, 0.1) is 23.9 Å². The van der Waals surface area contributed by atoms with Gasteiger partial charge in [0.15, 0.2) is 0 Å². The summed E-state index contributed by atoms with van der Waals surface area (Å²) in [5.41, 5.74) is 5.22. The van der Waals surface area contributed by atoms with E-state index in [0.29, 0.717) is 18.7 Å². The molecule has 0 aromatic carbocycles. The van der Waals surface area contributed by atoms with E-state index in [1.165, 1.54) is 6.20 Å². The van der Waals surface area contributed by atoms with Crippen LogP contribution < -0.4 is 10.6 Å². The lowest BCUT2D eigenvalue weighted by Crippen LogP contribution is -2.54. The summed E-state index contributed by atoms with van der Waals surface area (Å²) in [7, 11) is 0. The number of pyridine rings is 1. The number of hydrogen-bond acceptors (Lipinski definition) is 5. The van der Waals surface area contributed by atoms with Crippen molar-refractivity contribution < 1.29 is 14.6 Å². The van der Waals surface area contributed by atoms with E-state index < -0.39 is 5.91 Å². The minimum Gasteiger partial charge on any atom is -0.394 e. The average molecular weight is 265 g/mol.